The Morgan fingerprint density at radius 3 is 2.00 bits per heavy atom. The quantitative estimate of drug-likeness (QED) is 0.732. The number of hydrogen-bond acceptors (Lipinski definition) is 2. The van der Waals surface area contributed by atoms with E-state index in [2.05, 4.69) is 27.7 Å². The summed E-state index contributed by atoms with van der Waals surface area (Å²) in [6.07, 6.45) is 3.90. The first kappa shape index (κ1) is 11.0. The van der Waals surface area contributed by atoms with Crippen molar-refractivity contribution in [2.75, 3.05) is 6.54 Å². The second-order valence-electron chi connectivity index (χ2n) is 5.36. The predicted molar refractivity (Wildman–Crippen MR) is 55.6 cm³/mol. The number of nitrogens with two attached hydrogens (primary N) is 1. The minimum Gasteiger partial charge on any atom is -0.368 e. The second kappa shape index (κ2) is 3.58. The summed E-state index contributed by atoms with van der Waals surface area (Å²) in [4.78, 5) is 0. The molecule has 2 nitrogen and oxygen atoms in total. The van der Waals surface area contributed by atoms with E-state index in [0.717, 1.165) is 0 Å². The summed E-state index contributed by atoms with van der Waals surface area (Å²) in [6, 6.07) is 0. The maximum atomic E-state index is 6.05. The lowest BCUT2D eigenvalue weighted by Gasteiger charge is -2.45. The van der Waals surface area contributed by atoms with Gasteiger partial charge in [-0.3, -0.25) is 0 Å². The number of hydrogen-bond donors (Lipinski definition) is 1. The van der Waals surface area contributed by atoms with Crippen LogP contribution >= 0.6 is 0 Å². The van der Waals surface area contributed by atoms with E-state index >= 15 is 0 Å². The molecule has 0 saturated heterocycles. The molecule has 1 rings (SSSR count). The van der Waals surface area contributed by atoms with E-state index in [1.54, 1.807) is 0 Å². The van der Waals surface area contributed by atoms with Gasteiger partial charge in [0.15, 0.2) is 0 Å². The van der Waals surface area contributed by atoms with Crippen LogP contribution in [-0.2, 0) is 4.74 Å². The molecule has 0 spiro atoms. The third-order valence-electron chi connectivity index (χ3n) is 2.91. The largest absolute Gasteiger partial charge is 0.368 e. The molecule has 2 N–H and O–H groups in total. The van der Waals surface area contributed by atoms with Crippen molar-refractivity contribution < 1.29 is 4.74 Å². The minimum absolute atomic E-state index is 0.0797. The maximum Gasteiger partial charge on any atom is 0.0811 e. The van der Waals surface area contributed by atoms with E-state index in [4.69, 9.17) is 10.5 Å². The third kappa shape index (κ3) is 2.68. The van der Waals surface area contributed by atoms with Gasteiger partial charge in [0.2, 0.25) is 0 Å². The fourth-order valence-electron chi connectivity index (χ4n) is 2.01. The molecule has 78 valence electrons. The minimum atomic E-state index is -0.101. The van der Waals surface area contributed by atoms with E-state index in [9.17, 15) is 0 Å². The van der Waals surface area contributed by atoms with Gasteiger partial charge in [0.1, 0.15) is 0 Å². The molecule has 1 fully saturated rings. The molecule has 0 aromatic rings. The molecule has 1 aliphatic carbocycles. The fourth-order valence-corrected chi connectivity index (χ4v) is 2.01. The number of ether oxygens (including phenoxy) is 1. The predicted octanol–water partition coefficient (Wildman–Crippen LogP) is 2.32. The van der Waals surface area contributed by atoms with Crippen LogP contribution in [0.4, 0.5) is 0 Å². The summed E-state index contributed by atoms with van der Waals surface area (Å²) < 4.78 is 6.05. The Labute approximate surface area is 81.8 Å². The summed E-state index contributed by atoms with van der Waals surface area (Å²) in [7, 11) is 0. The van der Waals surface area contributed by atoms with Crippen LogP contribution in [0.5, 0.6) is 0 Å². The molecule has 0 aliphatic heterocycles. The van der Waals surface area contributed by atoms with Gasteiger partial charge < -0.3 is 10.5 Å². The molecule has 0 heterocycles. The van der Waals surface area contributed by atoms with Gasteiger partial charge in [0, 0.05) is 6.54 Å². The van der Waals surface area contributed by atoms with Crippen molar-refractivity contribution >= 4 is 0 Å². The zero-order valence-electron chi connectivity index (χ0n) is 9.39. The Hall–Kier alpha value is -0.0800. The monoisotopic (exact) mass is 185 g/mol. The van der Waals surface area contributed by atoms with Crippen molar-refractivity contribution in [3.63, 3.8) is 0 Å². The molecule has 2 heteroatoms. The summed E-state index contributed by atoms with van der Waals surface area (Å²) in [5.74, 6) is 0.678. The second-order valence-corrected chi connectivity index (χ2v) is 5.36. The highest BCUT2D eigenvalue weighted by molar-refractivity contribution is 4.91. The highest BCUT2D eigenvalue weighted by Gasteiger charge is 2.40. The van der Waals surface area contributed by atoms with E-state index in [0.29, 0.717) is 12.5 Å². The molecule has 0 amide bonds. The molecule has 1 unspecified atom stereocenters. The van der Waals surface area contributed by atoms with Crippen LogP contribution < -0.4 is 5.73 Å². The van der Waals surface area contributed by atoms with Crippen LogP contribution in [0, 0.1) is 5.92 Å². The van der Waals surface area contributed by atoms with Crippen LogP contribution in [0.25, 0.3) is 0 Å². The smallest absolute Gasteiger partial charge is 0.0811 e. The normalized spacial score (nSPS) is 23.8. The number of rotatable bonds is 3. The van der Waals surface area contributed by atoms with Gasteiger partial charge in [0.05, 0.1) is 11.2 Å². The Morgan fingerprint density at radius 2 is 1.77 bits per heavy atom. The molecule has 0 aromatic heterocycles. The van der Waals surface area contributed by atoms with E-state index in [1.165, 1.54) is 19.3 Å². The molecule has 0 bridgehead atoms. The van der Waals surface area contributed by atoms with Crippen LogP contribution in [0.3, 0.4) is 0 Å². The van der Waals surface area contributed by atoms with Gasteiger partial charge in [-0.05, 0) is 46.5 Å². The Bertz CT molecular complexity index is 169. The van der Waals surface area contributed by atoms with Crippen molar-refractivity contribution in [2.24, 2.45) is 11.7 Å². The summed E-state index contributed by atoms with van der Waals surface area (Å²) in [5, 5.41) is 0. The molecule has 1 atom stereocenters. The molecular weight excluding hydrogens is 162 g/mol. The lowest BCUT2D eigenvalue weighted by atomic mass is 9.73. The van der Waals surface area contributed by atoms with Crippen molar-refractivity contribution in [2.45, 2.75) is 58.2 Å². The lowest BCUT2D eigenvalue weighted by molar-refractivity contribution is -0.159. The third-order valence-corrected chi connectivity index (χ3v) is 2.91. The Balaban J connectivity index is 2.57. The molecule has 1 saturated carbocycles. The van der Waals surface area contributed by atoms with Crippen molar-refractivity contribution in [1.82, 2.24) is 0 Å². The molecular formula is C11H23NO. The first-order chi connectivity index (χ1) is 5.87. The highest BCUT2D eigenvalue weighted by atomic mass is 16.5. The maximum absolute atomic E-state index is 6.05. The van der Waals surface area contributed by atoms with Gasteiger partial charge >= 0.3 is 0 Å². The first-order valence-electron chi connectivity index (χ1n) is 5.28. The zero-order valence-corrected chi connectivity index (χ0v) is 9.39. The van der Waals surface area contributed by atoms with Crippen molar-refractivity contribution in [3.8, 4) is 0 Å². The summed E-state index contributed by atoms with van der Waals surface area (Å²) in [6.45, 7) is 9.08. The molecule has 0 radical (unpaired) electrons. The average molecular weight is 185 g/mol. The topological polar surface area (TPSA) is 35.2 Å². The summed E-state index contributed by atoms with van der Waals surface area (Å²) in [5.41, 5.74) is 5.62. The van der Waals surface area contributed by atoms with E-state index in [-0.39, 0.29) is 11.2 Å². The van der Waals surface area contributed by atoms with Crippen molar-refractivity contribution in [3.05, 3.63) is 0 Å². The first-order valence-corrected chi connectivity index (χ1v) is 5.28. The summed E-state index contributed by atoms with van der Waals surface area (Å²) >= 11 is 0. The van der Waals surface area contributed by atoms with Crippen molar-refractivity contribution in [1.29, 1.82) is 0 Å². The van der Waals surface area contributed by atoms with Crippen LogP contribution in [0.1, 0.15) is 47.0 Å². The Kier molecular flexibility index (Phi) is 3.03. The van der Waals surface area contributed by atoms with Crippen LogP contribution in [0.2, 0.25) is 0 Å². The van der Waals surface area contributed by atoms with Crippen LogP contribution in [-0.4, -0.2) is 17.7 Å². The highest BCUT2D eigenvalue weighted by Crippen LogP contribution is 2.39. The van der Waals surface area contributed by atoms with Crippen LogP contribution in [0.15, 0.2) is 0 Å². The lowest BCUT2D eigenvalue weighted by Crippen LogP contribution is -2.51. The van der Waals surface area contributed by atoms with Gasteiger partial charge in [-0.25, -0.2) is 0 Å². The standard InChI is InChI=1S/C11H23NO/c1-10(2,3)13-11(4,8-12)9-6-5-7-9/h9H,5-8,12H2,1-4H3. The Morgan fingerprint density at radius 1 is 1.23 bits per heavy atom. The average Bonchev–Trinajstić information content (AvgIpc) is 1.78. The van der Waals surface area contributed by atoms with Gasteiger partial charge in [0.25, 0.3) is 0 Å². The van der Waals surface area contributed by atoms with E-state index in [1.807, 2.05) is 0 Å². The van der Waals surface area contributed by atoms with Gasteiger partial charge in [-0.2, -0.15) is 0 Å². The molecule has 0 aromatic carbocycles. The van der Waals surface area contributed by atoms with E-state index < -0.39 is 0 Å². The molecule has 1 aliphatic rings. The fraction of sp³-hybridized carbons (Fsp3) is 1.00. The van der Waals surface area contributed by atoms with Gasteiger partial charge in [-0.15, -0.1) is 0 Å². The zero-order chi connectivity index (χ0) is 10.1. The SMILES string of the molecule is CC(C)(C)OC(C)(CN)C1CCC1. The van der Waals surface area contributed by atoms with Gasteiger partial charge in [-0.1, -0.05) is 6.42 Å². The molecule has 13 heavy (non-hydrogen) atoms.